The number of allylic oxidation sites excluding steroid dienone is 3. The number of benzene rings is 1. The van der Waals surface area contributed by atoms with Crippen LogP contribution >= 0.6 is 11.3 Å². The van der Waals surface area contributed by atoms with E-state index in [4.69, 9.17) is 10.5 Å². The van der Waals surface area contributed by atoms with Crippen molar-refractivity contribution in [3.05, 3.63) is 78.6 Å². The summed E-state index contributed by atoms with van der Waals surface area (Å²) in [5.74, 6) is -1.07. The predicted molar refractivity (Wildman–Crippen MR) is 143 cm³/mol. The Balaban J connectivity index is 1.73. The molecule has 9 nitrogen and oxygen atoms in total. The molecule has 1 aromatic heterocycles. The standard InChI is InChI=1S/C28H28N4O5S/c1-2-37-28(34)24-18-7-4-3-5-10-22(18)38-27(24)31-20-8-6-9-21(33)25(20)23(19(15-29)26(31)30)16-11-13-17(14-12-16)32(35)36/h11-14,23H,2-10,30H2,1H3. The highest BCUT2D eigenvalue weighted by Crippen LogP contribution is 2.50. The van der Waals surface area contributed by atoms with Crippen LogP contribution in [-0.2, 0) is 22.4 Å². The number of carbonyl (C=O) groups is 2. The van der Waals surface area contributed by atoms with Gasteiger partial charge in [-0.15, -0.1) is 11.3 Å². The quantitative estimate of drug-likeness (QED) is 0.233. The van der Waals surface area contributed by atoms with Crippen LogP contribution in [0.4, 0.5) is 10.7 Å². The fraction of sp³-hybridized carbons (Fsp3) is 0.393. The first-order chi connectivity index (χ1) is 18.4. The zero-order valence-corrected chi connectivity index (χ0v) is 21.9. The van der Waals surface area contributed by atoms with Crippen LogP contribution in [-0.4, -0.2) is 23.3 Å². The molecule has 0 spiro atoms. The Morgan fingerprint density at radius 2 is 1.92 bits per heavy atom. The molecule has 0 saturated carbocycles. The molecular formula is C28H28N4O5S. The van der Waals surface area contributed by atoms with Crippen molar-refractivity contribution in [3.8, 4) is 6.07 Å². The second-order valence-electron chi connectivity index (χ2n) is 9.63. The average Bonchev–Trinajstić information content (AvgIpc) is 3.10. The second-order valence-corrected chi connectivity index (χ2v) is 10.7. The normalized spacial score (nSPS) is 19.4. The molecule has 0 fully saturated rings. The van der Waals surface area contributed by atoms with Crippen molar-refractivity contribution in [2.45, 2.75) is 64.2 Å². The third kappa shape index (κ3) is 4.27. The van der Waals surface area contributed by atoms with Crippen molar-refractivity contribution in [2.75, 3.05) is 11.5 Å². The first-order valence-corrected chi connectivity index (χ1v) is 13.7. The molecule has 38 heavy (non-hydrogen) atoms. The average molecular weight is 533 g/mol. The lowest BCUT2D eigenvalue weighted by Crippen LogP contribution is -2.39. The summed E-state index contributed by atoms with van der Waals surface area (Å²) in [6.07, 6.45) is 6.21. The Labute approximate surface area is 224 Å². The van der Waals surface area contributed by atoms with Gasteiger partial charge in [0.15, 0.2) is 5.78 Å². The van der Waals surface area contributed by atoms with Crippen molar-refractivity contribution in [1.82, 2.24) is 0 Å². The van der Waals surface area contributed by atoms with E-state index in [-0.39, 0.29) is 29.5 Å². The molecule has 2 N–H and O–H groups in total. The Bertz CT molecular complexity index is 1430. The van der Waals surface area contributed by atoms with Crippen LogP contribution in [0.1, 0.15) is 77.7 Å². The fourth-order valence-corrected chi connectivity index (χ4v) is 7.16. The van der Waals surface area contributed by atoms with E-state index in [0.717, 1.165) is 42.5 Å². The molecule has 0 radical (unpaired) electrons. The summed E-state index contributed by atoms with van der Waals surface area (Å²) in [6, 6.07) is 8.11. The van der Waals surface area contributed by atoms with Gasteiger partial charge in [0, 0.05) is 34.7 Å². The molecule has 2 aliphatic carbocycles. The maximum atomic E-state index is 13.4. The summed E-state index contributed by atoms with van der Waals surface area (Å²) in [4.78, 5) is 40.3. The highest BCUT2D eigenvalue weighted by molar-refractivity contribution is 7.16. The molecule has 0 bridgehead atoms. The molecule has 3 aliphatic rings. The summed E-state index contributed by atoms with van der Waals surface area (Å²) in [7, 11) is 0. The molecule has 2 heterocycles. The number of carbonyl (C=O) groups excluding carboxylic acids is 2. The Kier molecular flexibility index (Phi) is 7.04. The molecule has 5 rings (SSSR count). The number of esters is 1. The van der Waals surface area contributed by atoms with Gasteiger partial charge in [-0.3, -0.25) is 19.8 Å². The number of ether oxygens (including phenoxy) is 1. The molecule has 0 saturated heterocycles. The number of nitro groups is 1. The van der Waals surface area contributed by atoms with E-state index >= 15 is 0 Å². The number of nitriles is 1. The van der Waals surface area contributed by atoms with Crippen LogP contribution in [0.3, 0.4) is 0 Å². The van der Waals surface area contributed by atoms with Crippen LogP contribution in [0.25, 0.3) is 0 Å². The number of nitrogens with zero attached hydrogens (tertiary/aromatic N) is 3. The second kappa shape index (κ2) is 10.4. The van der Waals surface area contributed by atoms with Gasteiger partial charge in [-0.1, -0.05) is 18.6 Å². The summed E-state index contributed by atoms with van der Waals surface area (Å²) < 4.78 is 5.47. The largest absolute Gasteiger partial charge is 0.462 e. The molecule has 1 aromatic carbocycles. The van der Waals surface area contributed by atoms with Gasteiger partial charge in [0.1, 0.15) is 10.8 Å². The Morgan fingerprint density at radius 1 is 1.18 bits per heavy atom. The van der Waals surface area contributed by atoms with Crippen LogP contribution in [0.15, 0.2) is 46.9 Å². The summed E-state index contributed by atoms with van der Waals surface area (Å²) in [5, 5.41) is 22.1. The summed E-state index contributed by atoms with van der Waals surface area (Å²) >= 11 is 1.49. The minimum absolute atomic E-state index is 0.0787. The van der Waals surface area contributed by atoms with Crippen LogP contribution in [0.2, 0.25) is 0 Å². The van der Waals surface area contributed by atoms with E-state index in [1.54, 1.807) is 24.0 Å². The highest BCUT2D eigenvalue weighted by atomic mass is 32.1. The fourth-order valence-electron chi connectivity index (χ4n) is 5.74. The lowest BCUT2D eigenvalue weighted by Gasteiger charge is -2.39. The molecule has 1 aliphatic heterocycles. The lowest BCUT2D eigenvalue weighted by molar-refractivity contribution is -0.384. The smallest absolute Gasteiger partial charge is 0.341 e. The van der Waals surface area contributed by atoms with Gasteiger partial charge in [0.25, 0.3) is 5.69 Å². The number of ketones is 1. The maximum Gasteiger partial charge on any atom is 0.341 e. The van der Waals surface area contributed by atoms with E-state index in [1.165, 1.54) is 23.5 Å². The number of Topliss-reactive ketones (excluding diaryl/α,β-unsaturated/α-hetero) is 1. The number of fused-ring (bicyclic) bond motifs is 1. The lowest BCUT2D eigenvalue weighted by atomic mass is 9.75. The number of rotatable bonds is 5. The number of thiophene rings is 1. The predicted octanol–water partition coefficient (Wildman–Crippen LogP) is 5.41. The monoisotopic (exact) mass is 532 g/mol. The minimum atomic E-state index is -0.733. The van der Waals surface area contributed by atoms with Crippen molar-refractivity contribution >= 4 is 33.8 Å². The number of nitrogens with two attached hydrogens (primary N) is 1. The topological polar surface area (TPSA) is 140 Å². The SMILES string of the molecule is CCOC(=O)c1c(N2C(N)=C(C#N)C(c3ccc([N+](=O)[O-])cc3)C3=C2CCCC3=O)sc2c1CCCCC2. The number of anilines is 1. The van der Waals surface area contributed by atoms with Crippen molar-refractivity contribution < 1.29 is 19.2 Å². The van der Waals surface area contributed by atoms with Gasteiger partial charge in [-0.25, -0.2) is 4.79 Å². The van der Waals surface area contributed by atoms with Crippen LogP contribution < -0.4 is 10.6 Å². The first kappa shape index (κ1) is 25.7. The van der Waals surface area contributed by atoms with Crippen LogP contribution in [0, 0.1) is 21.4 Å². The van der Waals surface area contributed by atoms with Crippen molar-refractivity contribution in [2.24, 2.45) is 5.73 Å². The molecule has 10 heteroatoms. The van der Waals surface area contributed by atoms with Gasteiger partial charge in [0.2, 0.25) is 0 Å². The van der Waals surface area contributed by atoms with Crippen molar-refractivity contribution in [3.63, 3.8) is 0 Å². The van der Waals surface area contributed by atoms with Gasteiger partial charge < -0.3 is 10.5 Å². The molecule has 0 amide bonds. The molecule has 1 unspecified atom stereocenters. The Morgan fingerprint density at radius 3 is 2.61 bits per heavy atom. The van der Waals surface area contributed by atoms with E-state index in [1.807, 2.05) is 0 Å². The number of hydrogen-bond donors (Lipinski definition) is 1. The molecule has 2 aromatic rings. The van der Waals surface area contributed by atoms with E-state index in [2.05, 4.69) is 6.07 Å². The molecular weight excluding hydrogens is 504 g/mol. The van der Waals surface area contributed by atoms with Gasteiger partial charge >= 0.3 is 5.97 Å². The zero-order valence-electron chi connectivity index (χ0n) is 21.1. The van der Waals surface area contributed by atoms with E-state index in [9.17, 15) is 25.0 Å². The van der Waals surface area contributed by atoms with Gasteiger partial charge in [-0.05, 0) is 56.6 Å². The van der Waals surface area contributed by atoms with Crippen molar-refractivity contribution in [1.29, 1.82) is 5.26 Å². The molecule has 196 valence electrons. The number of non-ortho nitro benzene ring substituents is 1. The summed E-state index contributed by atoms with van der Waals surface area (Å²) in [5.41, 5.74) is 10.0. The number of hydrogen-bond acceptors (Lipinski definition) is 9. The zero-order chi connectivity index (χ0) is 27.0. The number of nitro benzene ring substituents is 1. The van der Waals surface area contributed by atoms with Gasteiger partial charge in [0.05, 0.1) is 34.7 Å². The number of aryl methyl sites for hydroxylation is 1. The molecule has 1 atom stereocenters. The first-order valence-electron chi connectivity index (χ1n) is 12.9. The van der Waals surface area contributed by atoms with E-state index in [0.29, 0.717) is 46.7 Å². The minimum Gasteiger partial charge on any atom is -0.462 e. The third-order valence-electron chi connectivity index (χ3n) is 7.44. The maximum absolute atomic E-state index is 13.4. The van der Waals surface area contributed by atoms with Gasteiger partial charge in [-0.2, -0.15) is 5.26 Å². The Hall–Kier alpha value is -3.97. The van der Waals surface area contributed by atoms with E-state index < -0.39 is 16.8 Å². The van der Waals surface area contributed by atoms with Crippen LogP contribution in [0.5, 0.6) is 0 Å². The third-order valence-corrected chi connectivity index (χ3v) is 8.71. The summed E-state index contributed by atoms with van der Waals surface area (Å²) in [6.45, 7) is 1.99. The highest BCUT2D eigenvalue weighted by Gasteiger charge is 2.42.